The Morgan fingerprint density at radius 2 is 1.12 bits per heavy atom. The van der Waals surface area contributed by atoms with E-state index in [0.717, 1.165) is 0 Å². The highest BCUT2D eigenvalue weighted by Crippen LogP contribution is 2.44. The van der Waals surface area contributed by atoms with E-state index in [1.807, 2.05) is 0 Å². The van der Waals surface area contributed by atoms with Crippen LogP contribution in [-0.2, 0) is 20.7 Å². The molecule has 1 aromatic carbocycles. The highest BCUT2D eigenvalue weighted by molar-refractivity contribution is 6.05. The number of ketones is 1. The molecule has 8 nitrogen and oxygen atoms in total. The summed E-state index contributed by atoms with van der Waals surface area (Å²) in [6, 6.07) is 0. The molecule has 0 aromatic heterocycles. The number of esters is 2. The van der Waals surface area contributed by atoms with Gasteiger partial charge < -0.3 is 28.5 Å². The van der Waals surface area contributed by atoms with Crippen LogP contribution < -0.4 is 14.2 Å². The Hall–Kier alpha value is -2.77. The summed E-state index contributed by atoms with van der Waals surface area (Å²) in [7, 11) is 6.39. The molecule has 0 bridgehead atoms. The normalized spacial score (nSPS) is 10.0. The minimum atomic E-state index is -0.759. The summed E-state index contributed by atoms with van der Waals surface area (Å²) >= 11 is 0. The number of rotatable bonds is 8. The van der Waals surface area contributed by atoms with Gasteiger partial charge in [0.2, 0.25) is 0 Å². The van der Waals surface area contributed by atoms with Crippen molar-refractivity contribution in [2.45, 2.75) is 19.8 Å². The standard InChI is InChI=1S/C17H22O8/c1-9(18)7-8-10-13(21-2)11(16(19)24-5)15(23-4)12(14(10)22-3)17(20)25-6/h7-8H2,1-6H3. The van der Waals surface area contributed by atoms with E-state index in [9.17, 15) is 14.4 Å². The highest BCUT2D eigenvalue weighted by atomic mass is 16.5. The number of carbonyl (C=O) groups is 3. The molecule has 0 aliphatic heterocycles. The quantitative estimate of drug-likeness (QED) is 0.652. The second-order valence-electron chi connectivity index (χ2n) is 5.01. The maximum absolute atomic E-state index is 12.3. The van der Waals surface area contributed by atoms with E-state index in [0.29, 0.717) is 5.56 Å². The highest BCUT2D eigenvalue weighted by Gasteiger charge is 2.34. The fourth-order valence-electron chi connectivity index (χ4n) is 2.49. The van der Waals surface area contributed by atoms with Crippen LogP contribution in [0.25, 0.3) is 0 Å². The van der Waals surface area contributed by atoms with E-state index in [4.69, 9.17) is 23.7 Å². The number of carbonyl (C=O) groups excluding carboxylic acids is 3. The third-order valence-corrected chi connectivity index (χ3v) is 3.57. The molecule has 8 heteroatoms. The SMILES string of the molecule is COC(=O)c1c(OC)c(CCC(C)=O)c(OC)c(C(=O)OC)c1OC. The summed E-state index contributed by atoms with van der Waals surface area (Å²) in [6.07, 6.45) is 0.361. The molecule has 0 amide bonds. The Bertz CT molecular complexity index is 633. The zero-order valence-corrected chi connectivity index (χ0v) is 15.2. The van der Waals surface area contributed by atoms with Crippen LogP contribution in [-0.4, -0.2) is 53.3 Å². The van der Waals surface area contributed by atoms with Crippen molar-refractivity contribution >= 4 is 17.7 Å². The third kappa shape index (κ3) is 4.01. The summed E-state index contributed by atoms with van der Waals surface area (Å²) in [4.78, 5) is 36.0. The molecule has 0 saturated carbocycles. The van der Waals surface area contributed by atoms with Crippen LogP contribution in [0.2, 0.25) is 0 Å². The van der Waals surface area contributed by atoms with Gasteiger partial charge >= 0.3 is 11.9 Å². The lowest BCUT2D eigenvalue weighted by molar-refractivity contribution is -0.116. The van der Waals surface area contributed by atoms with Gasteiger partial charge in [-0.2, -0.15) is 0 Å². The number of ether oxygens (including phenoxy) is 5. The summed E-state index contributed by atoms with van der Waals surface area (Å²) in [6.45, 7) is 1.44. The minimum Gasteiger partial charge on any atom is -0.495 e. The molecule has 0 N–H and O–H groups in total. The van der Waals surface area contributed by atoms with E-state index in [2.05, 4.69) is 0 Å². The Morgan fingerprint density at radius 3 is 1.40 bits per heavy atom. The van der Waals surface area contributed by atoms with Gasteiger partial charge in [-0.25, -0.2) is 9.59 Å². The van der Waals surface area contributed by atoms with Crippen molar-refractivity contribution in [2.24, 2.45) is 0 Å². The van der Waals surface area contributed by atoms with Crippen molar-refractivity contribution in [2.75, 3.05) is 35.5 Å². The smallest absolute Gasteiger partial charge is 0.345 e. The van der Waals surface area contributed by atoms with Crippen LogP contribution in [0.3, 0.4) is 0 Å². The van der Waals surface area contributed by atoms with Gasteiger partial charge in [-0.15, -0.1) is 0 Å². The lowest BCUT2D eigenvalue weighted by Crippen LogP contribution is -2.16. The molecule has 0 spiro atoms. The van der Waals surface area contributed by atoms with Crippen molar-refractivity contribution in [3.8, 4) is 17.2 Å². The monoisotopic (exact) mass is 354 g/mol. The maximum Gasteiger partial charge on any atom is 0.345 e. The molecule has 1 rings (SSSR count). The largest absolute Gasteiger partial charge is 0.495 e. The third-order valence-electron chi connectivity index (χ3n) is 3.57. The zero-order valence-electron chi connectivity index (χ0n) is 15.2. The average Bonchev–Trinajstić information content (AvgIpc) is 2.62. The van der Waals surface area contributed by atoms with Crippen molar-refractivity contribution < 1.29 is 38.1 Å². The fourth-order valence-corrected chi connectivity index (χ4v) is 2.49. The number of hydrogen-bond acceptors (Lipinski definition) is 8. The van der Waals surface area contributed by atoms with Gasteiger partial charge in [0.05, 0.1) is 35.5 Å². The fraction of sp³-hybridized carbons (Fsp3) is 0.471. The van der Waals surface area contributed by atoms with Crippen molar-refractivity contribution in [3.63, 3.8) is 0 Å². The minimum absolute atomic E-state index is 0.0702. The van der Waals surface area contributed by atoms with Crippen LogP contribution in [0.1, 0.15) is 39.6 Å². The maximum atomic E-state index is 12.3. The van der Waals surface area contributed by atoms with Gasteiger partial charge in [0.25, 0.3) is 0 Å². The Balaban J connectivity index is 3.93. The summed E-state index contributed by atoms with van der Waals surface area (Å²) in [5, 5.41) is 0. The van der Waals surface area contributed by atoms with Crippen LogP contribution >= 0.6 is 0 Å². The Kier molecular flexibility index (Phi) is 7.22. The predicted octanol–water partition coefficient (Wildman–Crippen LogP) is 1.81. The van der Waals surface area contributed by atoms with Gasteiger partial charge in [-0.1, -0.05) is 0 Å². The van der Waals surface area contributed by atoms with E-state index >= 15 is 0 Å². The molecule has 0 fully saturated rings. The van der Waals surface area contributed by atoms with E-state index < -0.39 is 11.9 Å². The molecule has 0 saturated heterocycles. The van der Waals surface area contributed by atoms with E-state index in [-0.39, 0.29) is 47.0 Å². The molecule has 138 valence electrons. The van der Waals surface area contributed by atoms with Gasteiger partial charge in [0.15, 0.2) is 5.75 Å². The number of hydrogen-bond donors (Lipinski definition) is 0. The Morgan fingerprint density at radius 1 is 0.720 bits per heavy atom. The molecular weight excluding hydrogens is 332 g/mol. The molecule has 0 heterocycles. The first-order chi connectivity index (χ1) is 11.9. The number of benzene rings is 1. The van der Waals surface area contributed by atoms with Crippen molar-refractivity contribution in [3.05, 3.63) is 16.7 Å². The summed E-state index contributed by atoms with van der Waals surface area (Å²) < 4.78 is 25.6. The van der Waals surface area contributed by atoms with Gasteiger partial charge in [0.1, 0.15) is 28.4 Å². The molecule has 0 atom stereocenters. The molecule has 0 unspecified atom stereocenters. The molecular formula is C17H22O8. The van der Waals surface area contributed by atoms with Crippen LogP contribution in [0.5, 0.6) is 17.2 Å². The van der Waals surface area contributed by atoms with Crippen molar-refractivity contribution in [1.82, 2.24) is 0 Å². The topological polar surface area (TPSA) is 97.4 Å². The van der Waals surface area contributed by atoms with E-state index in [1.54, 1.807) is 0 Å². The van der Waals surface area contributed by atoms with Gasteiger partial charge in [-0.05, 0) is 13.3 Å². The van der Waals surface area contributed by atoms with Gasteiger partial charge in [-0.3, -0.25) is 0 Å². The molecule has 0 aliphatic carbocycles. The number of Topliss-reactive ketones (excluding diaryl/α,β-unsaturated/α-hetero) is 1. The predicted molar refractivity (Wildman–Crippen MR) is 87.8 cm³/mol. The van der Waals surface area contributed by atoms with Gasteiger partial charge in [0, 0.05) is 12.0 Å². The lowest BCUT2D eigenvalue weighted by atomic mass is 9.96. The van der Waals surface area contributed by atoms with Crippen LogP contribution in [0.4, 0.5) is 0 Å². The molecule has 0 aliphatic rings. The molecule has 1 aromatic rings. The average molecular weight is 354 g/mol. The summed E-state index contributed by atoms with van der Waals surface area (Å²) in [5.41, 5.74) is 0.223. The first-order valence-electron chi connectivity index (χ1n) is 7.38. The van der Waals surface area contributed by atoms with Crippen molar-refractivity contribution in [1.29, 1.82) is 0 Å². The second-order valence-corrected chi connectivity index (χ2v) is 5.01. The van der Waals surface area contributed by atoms with Crippen LogP contribution in [0, 0.1) is 0 Å². The first kappa shape index (κ1) is 20.3. The zero-order chi connectivity index (χ0) is 19.1. The Labute approximate surface area is 145 Å². The summed E-state index contributed by atoms with van der Waals surface area (Å²) in [5.74, 6) is -1.43. The first-order valence-corrected chi connectivity index (χ1v) is 7.38. The van der Waals surface area contributed by atoms with E-state index in [1.165, 1.54) is 42.5 Å². The molecule has 25 heavy (non-hydrogen) atoms. The number of methoxy groups -OCH3 is 5. The second kappa shape index (κ2) is 8.91. The van der Waals surface area contributed by atoms with Crippen LogP contribution in [0.15, 0.2) is 0 Å². The molecule has 0 radical (unpaired) electrons. The lowest BCUT2D eigenvalue weighted by Gasteiger charge is -2.21.